The summed E-state index contributed by atoms with van der Waals surface area (Å²) in [6.07, 6.45) is 4.00. The largest absolute Gasteiger partial charge is 0.467 e. The maximum Gasteiger partial charge on any atom is 0.328 e. The van der Waals surface area contributed by atoms with Crippen LogP contribution in [0.1, 0.15) is 70.4 Å². The molecule has 1 aliphatic rings. The molecule has 2 atom stereocenters. The van der Waals surface area contributed by atoms with Gasteiger partial charge in [0.2, 0.25) is 0 Å². The van der Waals surface area contributed by atoms with Crippen LogP contribution in [0.25, 0.3) is 0 Å². The molecule has 0 aliphatic carbocycles. The van der Waals surface area contributed by atoms with Gasteiger partial charge in [-0.3, -0.25) is 0 Å². The topological polar surface area (TPSA) is 29.5 Å². The van der Waals surface area contributed by atoms with Crippen molar-refractivity contribution in [3.8, 4) is 0 Å². The summed E-state index contributed by atoms with van der Waals surface area (Å²) in [6.45, 7) is 11.1. The summed E-state index contributed by atoms with van der Waals surface area (Å²) in [7, 11) is 1.50. The summed E-state index contributed by atoms with van der Waals surface area (Å²) in [5, 5.41) is 0. The normalized spacial score (nSPS) is 20.8. The number of fused-ring (bicyclic) bond motifs is 1. The summed E-state index contributed by atoms with van der Waals surface area (Å²) in [5.41, 5.74) is 3.77. The van der Waals surface area contributed by atoms with Crippen LogP contribution < -0.4 is 4.90 Å². The number of anilines is 1. The lowest BCUT2D eigenvalue weighted by molar-refractivity contribution is -0.142. The van der Waals surface area contributed by atoms with E-state index in [9.17, 15) is 4.79 Å². The van der Waals surface area contributed by atoms with Crippen LogP contribution in [0.15, 0.2) is 18.2 Å². The Morgan fingerprint density at radius 1 is 1.43 bits per heavy atom. The third kappa shape index (κ3) is 3.39. The van der Waals surface area contributed by atoms with Gasteiger partial charge in [0.1, 0.15) is 6.04 Å². The van der Waals surface area contributed by atoms with Crippen molar-refractivity contribution in [2.45, 2.75) is 77.8 Å². The van der Waals surface area contributed by atoms with Crippen LogP contribution in [0.5, 0.6) is 0 Å². The van der Waals surface area contributed by atoms with Crippen LogP contribution in [-0.2, 0) is 9.53 Å². The van der Waals surface area contributed by atoms with Crippen molar-refractivity contribution in [1.82, 2.24) is 0 Å². The number of para-hydroxylation sites is 1. The van der Waals surface area contributed by atoms with Gasteiger partial charge < -0.3 is 9.64 Å². The lowest BCUT2D eigenvalue weighted by Gasteiger charge is -2.51. The number of aryl methyl sites for hydroxylation is 1. The Morgan fingerprint density at radius 2 is 2.13 bits per heavy atom. The van der Waals surface area contributed by atoms with Gasteiger partial charge in [-0.25, -0.2) is 4.79 Å². The minimum Gasteiger partial charge on any atom is -0.467 e. The van der Waals surface area contributed by atoms with Crippen LogP contribution >= 0.6 is 0 Å². The first-order valence-electron chi connectivity index (χ1n) is 8.80. The predicted molar refractivity (Wildman–Crippen MR) is 96.1 cm³/mol. The van der Waals surface area contributed by atoms with Crippen LogP contribution in [0.2, 0.25) is 0 Å². The summed E-state index contributed by atoms with van der Waals surface area (Å²) in [6, 6.07) is 6.28. The van der Waals surface area contributed by atoms with Crippen molar-refractivity contribution < 1.29 is 9.53 Å². The molecule has 0 saturated carbocycles. The molecule has 0 bridgehead atoms. The lowest BCUT2D eigenvalue weighted by atomic mass is 9.77. The van der Waals surface area contributed by atoms with Crippen LogP contribution in [0.4, 0.5) is 5.69 Å². The van der Waals surface area contributed by atoms with E-state index in [0.29, 0.717) is 5.92 Å². The van der Waals surface area contributed by atoms with Gasteiger partial charge >= 0.3 is 5.97 Å². The molecule has 0 N–H and O–H groups in total. The highest BCUT2D eigenvalue weighted by molar-refractivity contribution is 5.82. The number of unbranched alkanes of at least 4 members (excludes halogenated alkanes) is 1. The van der Waals surface area contributed by atoms with E-state index in [2.05, 4.69) is 57.7 Å². The first-order chi connectivity index (χ1) is 10.8. The highest BCUT2D eigenvalue weighted by atomic mass is 16.5. The molecule has 0 amide bonds. The zero-order valence-electron chi connectivity index (χ0n) is 15.5. The Labute approximate surface area is 141 Å². The van der Waals surface area contributed by atoms with Gasteiger partial charge in [0.15, 0.2) is 0 Å². The van der Waals surface area contributed by atoms with E-state index in [4.69, 9.17) is 4.74 Å². The molecule has 3 nitrogen and oxygen atoms in total. The van der Waals surface area contributed by atoms with Crippen molar-refractivity contribution in [2.24, 2.45) is 0 Å². The SMILES string of the molecule is CCCC[C@@H](C(=O)OC)N1c2c(C)cccc2[C@@H](C)CC1(C)C. The molecule has 1 heterocycles. The minimum absolute atomic E-state index is 0.0644. The van der Waals surface area contributed by atoms with Gasteiger partial charge in [-0.05, 0) is 50.7 Å². The Kier molecular flexibility index (Phi) is 5.38. The summed E-state index contributed by atoms with van der Waals surface area (Å²) >= 11 is 0. The average Bonchev–Trinajstić information content (AvgIpc) is 2.49. The number of carbonyl (C=O) groups is 1. The Bertz CT molecular complexity index is 565. The minimum atomic E-state index is -0.206. The standard InChI is InChI=1S/C20H31NO2/c1-7-8-12-17(19(22)23-6)21-18-14(2)10-9-11-16(18)15(3)13-20(21,4)5/h9-11,15,17H,7-8,12-13H2,1-6H3/t15-,17-/m0/s1. The Hall–Kier alpha value is -1.51. The third-order valence-corrected chi connectivity index (χ3v) is 5.11. The van der Waals surface area contributed by atoms with Crippen molar-refractivity contribution in [1.29, 1.82) is 0 Å². The predicted octanol–water partition coefficient (Wildman–Crippen LogP) is 4.82. The van der Waals surface area contributed by atoms with Crippen LogP contribution in [-0.4, -0.2) is 24.7 Å². The zero-order valence-corrected chi connectivity index (χ0v) is 15.5. The van der Waals surface area contributed by atoms with Gasteiger partial charge in [0.05, 0.1) is 7.11 Å². The number of benzene rings is 1. The molecular formula is C20H31NO2. The second-order valence-corrected chi connectivity index (χ2v) is 7.48. The Morgan fingerprint density at radius 3 is 2.74 bits per heavy atom. The van der Waals surface area contributed by atoms with E-state index in [0.717, 1.165) is 25.7 Å². The van der Waals surface area contributed by atoms with Crippen molar-refractivity contribution in [2.75, 3.05) is 12.0 Å². The molecular weight excluding hydrogens is 286 g/mol. The average molecular weight is 317 g/mol. The Balaban J connectivity index is 2.56. The van der Waals surface area contributed by atoms with E-state index >= 15 is 0 Å². The maximum absolute atomic E-state index is 12.5. The smallest absolute Gasteiger partial charge is 0.328 e. The first kappa shape index (κ1) is 17.8. The number of nitrogens with zero attached hydrogens (tertiary/aromatic N) is 1. The van der Waals surface area contributed by atoms with Gasteiger partial charge in [-0.2, -0.15) is 0 Å². The molecule has 128 valence electrons. The highest BCUT2D eigenvalue weighted by Gasteiger charge is 2.43. The fraction of sp³-hybridized carbons (Fsp3) is 0.650. The molecule has 0 unspecified atom stereocenters. The third-order valence-electron chi connectivity index (χ3n) is 5.11. The monoisotopic (exact) mass is 317 g/mol. The lowest BCUT2D eigenvalue weighted by Crippen LogP contribution is -2.56. The van der Waals surface area contributed by atoms with E-state index in [-0.39, 0.29) is 17.6 Å². The van der Waals surface area contributed by atoms with Gasteiger partial charge in [-0.1, -0.05) is 44.9 Å². The molecule has 23 heavy (non-hydrogen) atoms. The first-order valence-corrected chi connectivity index (χ1v) is 8.80. The van der Waals surface area contributed by atoms with Gasteiger partial charge in [0, 0.05) is 11.2 Å². The van der Waals surface area contributed by atoms with Crippen molar-refractivity contribution in [3.63, 3.8) is 0 Å². The fourth-order valence-electron chi connectivity index (χ4n) is 4.13. The molecule has 0 aromatic heterocycles. The van der Waals surface area contributed by atoms with Crippen molar-refractivity contribution >= 4 is 11.7 Å². The number of esters is 1. The number of carbonyl (C=O) groups excluding carboxylic acids is 1. The van der Waals surface area contributed by atoms with Crippen LogP contribution in [0, 0.1) is 6.92 Å². The molecule has 1 aromatic carbocycles. The molecule has 0 spiro atoms. The summed E-state index contributed by atoms with van der Waals surface area (Å²) < 4.78 is 5.16. The molecule has 1 aliphatic heterocycles. The second-order valence-electron chi connectivity index (χ2n) is 7.48. The summed E-state index contributed by atoms with van der Waals surface area (Å²) in [4.78, 5) is 14.9. The van der Waals surface area contributed by atoms with E-state index in [1.54, 1.807) is 0 Å². The highest BCUT2D eigenvalue weighted by Crippen LogP contribution is 2.46. The second kappa shape index (κ2) is 6.94. The number of hydrogen-bond acceptors (Lipinski definition) is 3. The number of hydrogen-bond donors (Lipinski definition) is 0. The molecule has 1 aromatic rings. The fourth-order valence-corrected chi connectivity index (χ4v) is 4.13. The van der Waals surface area contributed by atoms with Gasteiger partial charge in [0.25, 0.3) is 0 Å². The van der Waals surface area contributed by atoms with E-state index in [1.807, 2.05) is 0 Å². The molecule has 2 rings (SSSR count). The van der Waals surface area contributed by atoms with Crippen LogP contribution in [0.3, 0.4) is 0 Å². The van der Waals surface area contributed by atoms with Gasteiger partial charge in [-0.15, -0.1) is 0 Å². The number of ether oxygens (including phenoxy) is 1. The number of methoxy groups -OCH3 is 1. The molecule has 0 radical (unpaired) electrons. The molecule has 0 fully saturated rings. The van der Waals surface area contributed by atoms with E-state index < -0.39 is 0 Å². The quantitative estimate of drug-likeness (QED) is 0.729. The summed E-state index contributed by atoms with van der Waals surface area (Å²) in [5.74, 6) is 0.385. The molecule has 3 heteroatoms. The zero-order chi connectivity index (χ0) is 17.2. The maximum atomic E-state index is 12.5. The molecule has 0 saturated heterocycles. The van der Waals surface area contributed by atoms with Crippen molar-refractivity contribution in [3.05, 3.63) is 29.3 Å². The van der Waals surface area contributed by atoms with E-state index in [1.165, 1.54) is 23.9 Å². The number of rotatable bonds is 5.